The van der Waals surface area contributed by atoms with Gasteiger partial charge < -0.3 is 29.3 Å². The van der Waals surface area contributed by atoms with Crippen molar-refractivity contribution in [3.8, 4) is 11.5 Å². The minimum absolute atomic E-state index is 0.0254. The molecule has 2 amide bonds. The van der Waals surface area contributed by atoms with Gasteiger partial charge in [-0.1, -0.05) is 12.1 Å². The molecule has 41 heavy (non-hydrogen) atoms. The topological polar surface area (TPSA) is 106 Å². The van der Waals surface area contributed by atoms with E-state index in [0.29, 0.717) is 11.5 Å². The molecule has 1 aromatic carbocycles. The Labute approximate surface area is 234 Å². The Kier molecular flexibility index (Phi) is 8.36. The fourth-order valence-corrected chi connectivity index (χ4v) is 4.82. The predicted octanol–water partition coefficient (Wildman–Crippen LogP) is 3.28. The first kappa shape index (κ1) is 28.3. The van der Waals surface area contributed by atoms with Crippen LogP contribution in [0.1, 0.15) is 21.5 Å². The number of nitrogens with one attached hydrogen (secondary N) is 1. The van der Waals surface area contributed by atoms with E-state index >= 15 is 0 Å². The van der Waals surface area contributed by atoms with Crippen LogP contribution in [-0.2, 0) is 27.1 Å². The Bertz CT molecular complexity index is 1410. The molecular formula is C28H28F3N5O5. The Balaban J connectivity index is 1.47. The van der Waals surface area contributed by atoms with Gasteiger partial charge in [-0.25, -0.2) is 4.98 Å². The third kappa shape index (κ3) is 6.74. The third-order valence-electron chi connectivity index (χ3n) is 6.75. The van der Waals surface area contributed by atoms with Crippen molar-refractivity contribution in [1.82, 2.24) is 20.2 Å². The lowest BCUT2D eigenvalue weighted by Crippen LogP contribution is -2.49. The van der Waals surface area contributed by atoms with Crippen LogP contribution in [-0.4, -0.2) is 78.7 Å². The number of halogens is 3. The summed E-state index contributed by atoms with van der Waals surface area (Å²) in [7, 11) is 1.48. The standard InChI is InChI=1S/C28H28F3N5O5/c1-39-9-8-35-16-25(37)34-23-14-36(26-22(28(29,30)31)6-3-7-33-26)15-24(23)40-17-18-4-2-5-20(10-18)41-21-11-19(27(35)38)12-32-13-21/h2-7,10-13,23-24H,8-9,14-17H2,1H3,(H,34,37)/t23-,24-/m0/s1. The molecule has 2 atom stereocenters. The van der Waals surface area contributed by atoms with Crippen LogP contribution in [0.15, 0.2) is 61.1 Å². The predicted molar refractivity (Wildman–Crippen MR) is 140 cm³/mol. The fourth-order valence-electron chi connectivity index (χ4n) is 4.82. The number of aromatic nitrogens is 2. The first-order chi connectivity index (χ1) is 19.7. The van der Waals surface area contributed by atoms with Crippen LogP contribution in [0.4, 0.5) is 19.0 Å². The van der Waals surface area contributed by atoms with Crippen LogP contribution in [0.2, 0.25) is 0 Å². The summed E-state index contributed by atoms with van der Waals surface area (Å²) in [6, 6.07) is 10.2. The molecule has 216 valence electrons. The van der Waals surface area contributed by atoms with Crippen LogP contribution in [0.3, 0.4) is 0 Å². The summed E-state index contributed by atoms with van der Waals surface area (Å²) in [5.74, 6) is -0.376. The molecule has 0 spiro atoms. The summed E-state index contributed by atoms with van der Waals surface area (Å²) >= 11 is 0. The second kappa shape index (κ2) is 12.1. The molecule has 4 heterocycles. The van der Waals surface area contributed by atoms with Crippen molar-refractivity contribution >= 4 is 17.6 Å². The molecule has 0 aliphatic carbocycles. The van der Waals surface area contributed by atoms with Crippen molar-refractivity contribution in [2.24, 2.45) is 0 Å². The van der Waals surface area contributed by atoms with Gasteiger partial charge in [0.1, 0.15) is 17.3 Å². The summed E-state index contributed by atoms with van der Waals surface area (Å²) < 4.78 is 58.5. The molecule has 2 aromatic heterocycles. The zero-order valence-corrected chi connectivity index (χ0v) is 22.1. The highest BCUT2D eigenvalue weighted by Crippen LogP contribution is 2.36. The van der Waals surface area contributed by atoms with Crippen molar-refractivity contribution in [3.63, 3.8) is 0 Å². The van der Waals surface area contributed by atoms with Crippen molar-refractivity contribution in [2.45, 2.75) is 24.9 Å². The van der Waals surface area contributed by atoms with E-state index in [1.54, 1.807) is 18.2 Å². The van der Waals surface area contributed by atoms with Gasteiger partial charge in [0.2, 0.25) is 5.91 Å². The smallest absolute Gasteiger partial charge is 0.419 e. The first-order valence-corrected chi connectivity index (χ1v) is 12.9. The molecule has 2 aliphatic rings. The SMILES string of the molecule is COCCN1CC(=O)N[C@H]2CN(c3ncccc3C(F)(F)F)C[C@@H]2OCc2cccc(c2)Oc2cncc(c2)C1=O. The summed E-state index contributed by atoms with van der Waals surface area (Å²) in [4.78, 5) is 37.5. The molecule has 0 unspecified atom stereocenters. The van der Waals surface area contributed by atoms with Gasteiger partial charge in [-0.05, 0) is 35.9 Å². The number of benzene rings is 1. The molecule has 3 aromatic rings. The van der Waals surface area contributed by atoms with Crippen molar-refractivity contribution in [1.29, 1.82) is 0 Å². The number of pyridine rings is 2. The van der Waals surface area contributed by atoms with Crippen molar-refractivity contribution in [3.05, 3.63) is 77.7 Å². The van der Waals surface area contributed by atoms with Gasteiger partial charge in [-0.2, -0.15) is 13.2 Å². The largest absolute Gasteiger partial charge is 0.456 e. The van der Waals surface area contributed by atoms with Gasteiger partial charge >= 0.3 is 6.18 Å². The molecule has 5 rings (SSSR count). The highest BCUT2D eigenvalue weighted by molar-refractivity contribution is 5.96. The molecule has 1 fully saturated rings. The van der Waals surface area contributed by atoms with E-state index in [4.69, 9.17) is 14.2 Å². The molecule has 1 N–H and O–H groups in total. The maximum atomic E-state index is 13.8. The summed E-state index contributed by atoms with van der Waals surface area (Å²) in [6.45, 7) is 0.190. The van der Waals surface area contributed by atoms with Crippen LogP contribution in [0.25, 0.3) is 0 Å². The number of nitrogens with zero attached hydrogens (tertiary/aromatic N) is 4. The van der Waals surface area contributed by atoms with Gasteiger partial charge in [-0.15, -0.1) is 0 Å². The molecular weight excluding hydrogens is 543 g/mol. The molecule has 1 saturated heterocycles. The van der Waals surface area contributed by atoms with Gasteiger partial charge in [0.15, 0.2) is 0 Å². The van der Waals surface area contributed by atoms with E-state index in [0.717, 1.165) is 11.6 Å². The Hall–Kier alpha value is -4.23. The molecule has 13 heteroatoms. The summed E-state index contributed by atoms with van der Waals surface area (Å²) in [5.41, 5.74) is 0.0938. The van der Waals surface area contributed by atoms with Gasteiger partial charge in [0.05, 0.1) is 49.2 Å². The normalized spacial score (nSPS) is 19.9. The lowest BCUT2D eigenvalue weighted by atomic mass is 10.2. The highest BCUT2D eigenvalue weighted by Gasteiger charge is 2.41. The number of carbonyl (C=O) groups is 2. The number of alkyl halides is 3. The van der Waals surface area contributed by atoms with Crippen LogP contribution in [0, 0.1) is 0 Å². The van der Waals surface area contributed by atoms with E-state index in [9.17, 15) is 22.8 Å². The Morgan fingerprint density at radius 2 is 1.95 bits per heavy atom. The average molecular weight is 572 g/mol. The summed E-state index contributed by atoms with van der Waals surface area (Å²) in [6.07, 6.45) is -1.13. The molecule has 2 aliphatic heterocycles. The van der Waals surface area contributed by atoms with Gasteiger partial charge in [0.25, 0.3) is 5.91 Å². The zero-order valence-electron chi connectivity index (χ0n) is 22.1. The number of rotatable bonds is 4. The highest BCUT2D eigenvalue weighted by atomic mass is 19.4. The number of ether oxygens (including phenoxy) is 3. The maximum Gasteiger partial charge on any atom is 0.419 e. The quantitative estimate of drug-likeness (QED) is 0.509. The fraction of sp³-hybridized carbons (Fsp3) is 0.357. The van der Waals surface area contributed by atoms with E-state index in [-0.39, 0.29) is 50.8 Å². The van der Waals surface area contributed by atoms with Crippen LogP contribution in [0.5, 0.6) is 11.5 Å². The average Bonchev–Trinajstić information content (AvgIpc) is 3.35. The van der Waals surface area contributed by atoms with E-state index in [2.05, 4.69) is 15.3 Å². The van der Waals surface area contributed by atoms with Crippen LogP contribution >= 0.6 is 0 Å². The van der Waals surface area contributed by atoms with Gasteiger partial charge in [0, 0.05) is 39.1 Å². The number of methoxy groups -OCH3 is 1. The Morgan fingerprint density at radius 1 is 1.10 bits per heavy atom. The molecule has 0 radical (unpaired) electrons. The number of fused-ring (bicyclic) bond motifs is 5. The third-order valence-corrected chi connectivity index (χ3v) is 6.75. The minimum Gasteiger partial charge on any atom is -0.456 e. The number of amides is 2. The van der Waals surface area contributed by atoms with Crippen molar-refractivity contribution < 1.29 is 37.0 Å². The lowest BCUT2D eigenvalue weighted by molar-refractivity contribution is -0.137. The van der Waals surface area contributed by atoms with E-state index in [1.807, 2.05) is 6.07 Å². The van der Waals surface area contributed by atoms with Gasteiger partial charge in [-0.3, -0.25) is 14.6 Å². The lowest BCUT2D eigenvalue weighted by Gasteiger charge is -2.25. The minimum atomic E-state index is -4.61. The number of carbonyl (C=O) groups excluding carboxylic acids is 2. The number of anilines is 1. The molecule has 4 bridgehead atoms. The Morgan fingerprint density at radius 3 is 2.76 bits per heavy atom. The second-order valence-electron chi connectivity index (χ2n) is 9.68. The molecule has 0 saturated carbocycles. The maximum absolute atomic E-state index is 13.8. The first-order valence-electron chi connectivity index (χ1n) is 12.9. The monoisotopic (exact) mass is 571 g/mol. The summed E-state index contributed by atoms with van der Waals surface area (Å²) in [5, 5.41) is 2.87. The second-order valence-corrected chi connectivity index (χ2v) is 9.68. The van der Waals surface area contributed by atoms with E-state index < -0.39 is 35.7 Å². The zero-order chi connectivity index (χ0) is 29.0. The van der Waals surface area contributed by atoms with Crippen molar-refractivity contribution in [2.75, 3.05) is 44.8 Å². The number of hydrogen-bond donors (Lipinski definition) is 1. The number of hydrogen-bond acceptors (Lipinski definition) is 8. The van der Waals surface area contributed by atoms with Crippen LogP contribution < -0.4 is 15.0 Å². The van der Waals surface area contributed by atoms with E-state index in [1.165, 1.54) is 47.6 Å². The molecule has 10 nitrogen and oxygen atoms in total.